The summed E-state index contributed by atoms with van der Waals surface area (Å²) in [4.78, 5) is 0. The Bertz CT molecular complexity index is 378. The Morgan fingerprint density at radius 3 is 1.83 bits per heavy atom. The standard InChI is InChI=1S/C12H22O11/c13-1-3-5(15)6(16)9(19)12(22-3)23-10-4(2-14)21-11(20)8(18)7(10)17/h3-20H,1-2H2/t3-,4-,5-,6+,7-,8-,9+,10-,11+,12+/m1/s1. The van der Waals surface area contributed by atoms with Crippen molar-refractivity contribution in [3.63, 3.8) is 0 Å². The zero-order valence-corrected chi connectivity index (χ0v) is 12.0. The van der Waals surface area contributed by atoms with E-state index in [9.17, 15) is 35.7 Å². The number of ether oxygens (including phenoxy) is 3. The molecule has 0 radical (unpaired) electrons. The molecule has 0 aromatic rings. The third kappa shape index (κ3) is 3.65. The minimum absolute atomic E-state index is 0.667. The van der Waals surface area contributed by atoms with Gasteiger partial charge in [-0.05, 0) is 0 Å². The number of aliphatic hydroxyl groups excluding tert-OH is 8. The van der Waals surface area contributed by atoms with Gasteiger partial charge in [-0.3, -0.25) is 0 Å². The fourth-order valence-electron chi connectivity index (χ4n) is 2.57. The van der Waals surface area contributed by atoms with Crippen LogP contribution in [0, 0.1) is 0 Å². The molecule has 0 bridgehead atoms. The number of hydrogen-bond donors (Lipinski definition) is 8. The Kier molecular flexibility index (Phi) is 6.27. The van der Waals surface area contributed by atoms with Crippen molar-refractivity contribution in [2.24, 2.45) is 0 Å². The molecule has 0 spiro atoms. The second-order valence-electron chi connectivity index (χ2n) is 5.53. The molecule has 11 heteroatoms. The monoisotopic (exact) mass is 342 g/mol. The zero-order valence-electron chi connectivity index (χ0n) is 12.0. The van der Waals surface area contributed by atoms with E-state index >= 15 is 0 Å². The van der Waals surface area contributed by atoms with Crippen molar-refractivity contribution in [3.8, 4) is 0 Å². The van der Waals surface area contributed by atoms with Crippen LogP contribution >= 0.6 is 0 Å². The maximum absolute atomic E-state index is 9.94. The summed E-state index contributed by atoms with van der Waals surface area (Å²) in [5.41, 5.74) is 0. The van der Waals surface area contributed by atoms with Crippen LogP contribution in [0.1, 0.15) is 0 Å². The van der Waals surface area contributed by atoms with Crippen LogP contribution in [0.5, 0.6) is 0 Å². The first-order valence-electron chi connectivity index (χ1n) is 7.08. The van der Waals surface area contributed by atoms with E-state index in [0.29, 0.717) is 0 Å². The molecule has 136 valence electrons. The molecule has 2 rings (SSSR count). The van der Waals surface area contributed by atoms with Gasteiger partial charge in [-0.15, -0.1) is 0 Å². The Morgan fingerprint density at radius 1 is 0.652 bits per heavy atom. The van der Waals surface area contributed by atoms with Crippen LogP contribution in [-0.4, -0.2) is 115 Å². The lowest BCUT2D eigenvalue weighted by Gasteiger charge is -2.45. The number of hydrogen-bond acceptors (Lipinski definition) is 11. The van der Waals surface area contributed by atoms with E-state index in [1.807, 2.05) is 0 Å². The molecule has 10 atom stereocenters. The minimum Gasteiger partial charge on any atom is -0.394 e. The average Bonchev–Trinajstić information content (AvgIpc) is 2.55. The van der Waals surface area contributed by atoms with E-state index in [2.05, 4.69) is 0 Å². The quantitative estimate of drug-likeness (QED) is 0.243. The van der Waals surface area contributed by atoms with Crippen LogP contribution < -0.4 is 0 Å². The van der Waals surface area contributed by atoms with Crippen LogP contribution in [0.15, 0.2) is 0 Å². The largest absolute Gasteiger partial charge is 0.394 e. The van der Waals surface area contributed by atoms with Gasteiger partial charge in [0.25, 0.3) is 0 Å². The Morgan fingerprint density at radius 2 is 1.26 bits per heavy atom. The Balaban J connectivity index is 2.11. The van der Waals surface area contributed by atoms with E-state index in [0.717, 1.165) is 0 Å². The second-order valence-corrected chi connectivity index (χ2v) is 5.53. The van der Waals surface area contributed by atoms with Gasteiger partial charge in [0.2, 0.25) is 0 Å². The van der Waals surface area contributed by atoms with E-state index < -0.39 is 74.6 Å². The van der Waals surface area contributed by atoms with E-state index in [1.54, 1.807) is 0 Å². The van der Waals surface area contributed by atoms with Crippen LogP contribution in [0.4, 0.5) is 0 Å². The van der Waals surface area contributed by atoms with Gasteiger partial charge in [-0.1, -0.05) is 0 Å². The summed E-state index contributed by atoms with van der Waals surface area (Å²) in [6.45, 7) is -1.35. The van der Waals surface area contributed by atoms with Crippen LogP contribution in [-0.2, 0) is 14.2 Å². The fourth-order valence-corrected chi connectivity index (χ4v) is 2.57. The predicted molar refractivity (Wildman–Crippen MR) is 68.6 cm³/mol. The van der Waals surface area contributed by atoms with Crippen LogP contribution in [0.25, 0.3) is 0 Å². The first kappa shape index (κ1) is 18.9. The average molecular weight is 342 g/mol. The summed E-state index contributed by atoms with van der Waals surface area (Å²) in [6, 6.07) is 0. The van der Waals surface area contributed by atoms with Gasteiger partial charge in [-0.2, -0.15) is 0 Å². The van der Waals surface area contributed by atoms with Crippen LogP contribution in [0.3, 0.4) is 0 Å². The third-order valence-electron chi connectivity index (χ3n) is 3.98. The maximum Gasteiger partial charge on any atom is 0.187 e. The van der Waals surface area contributed by atoms with Gasteiger partial charge in [0.1, 0.15) is 48.8 Å². The van der Waals surface area contributed by atoms with Crippen molar-refractivity contribution < 1.29 is 55.1 Å². The smallest absolute Gasteiger partial charge is 0.187 e. The highest BCUT2D eigenvalue weighted by Gasteiger charge is 2.50. The predicted octanol–water partition coefficient (Wildman–Crippen LogP) is -5.40. The lowest BCUT2D eigenvalue weighted by Crippen LogP contribution is -2.64. The second kappa shape index (κ2) is 7.63. The van der Waals surface area contributed by atoms with Gasteiger partial charge in [0.15, 0.2) is 12.6 Å². The third-order valence-corrected chi connectivity index (χ3v) is 3.98. The SMILES string of the molecule is OC[C@H]1O[C@@H](O[C@H]2[C@H](O)[C@@H](O)[C@@H](O)O[C@@H]2CO)[C@@H](O)[C@@H](O)[C@@H]1O. The van der Waals surface area contributed by atoms with Gasteiger partial charge < -0.3 is 55.1 Å². The summed E-state index contributed by atoms with van der Waals surface area (Å²) < 4.78 is 15.3. The van der Waals surface area contributed by atoms with Gasteiger partial charge in [-0.25, -0.2) is 0 Å². The Hall–Kier alpha value is -0.440. The van der Waals surface area contributed by atoms with Crippen molar-refractivity contribution in [1.29, 1.82) is 0 Å². The molecule has 2 saturated heterocycles. The zero-order chi connectivity index (χ0) is 17.3. The molecule has 2 fully saturated rings. The molecule has 0 aromatic heterocycles. The molecule has 2 aliphatic rings. The van der Waals surface area contributed by atoms with Crippen molar-refractivity contribution >= 4 is 0 Å². The molecule has 0 unspecified atom stereocenters. The lowest BCUT2D eigenvalue weighted by molar-refractivity contribution is -0.355. The molecule has 8 N–H and O–H groups in total. The molecule has 0 aromatic carbocycles. The normalized spacial score (nSPS) is 51.7. The number of rotatable bonds is 4. The minimum atomic E-state index is -1.74. The highest BCUT2D eigenvalue weighted by Crippen LogP contribution is 2.28. The van der Waals surface area contributed by atoms with Crippen molar-refractivity contribution in [2.45, 2.75) is 61.4 Å². The molecule has 2 aliphatic heterocycles. The topological polar surface area (TPSA) is 190 Å². The van der Waals surface area contributed by atoms with E-state index in [4.69, 9.17) is 19.3 Å². The molecular weight excluding hydrogens is 320 g/mol. The molecule has 0 saturated carbocycles. The molecular formula is C12H22O11. The lowest BCUT2D eigenvalue weighted by atomic mass is 9.97. The molecule has 11 nitrogen and oxygen atoms in total. The summed E-state index contributed by atoms with van der Waals surface area (Å²) in [5, 5.41) is 76.5. The first-order valence-corrected chi connectivity index (χ1v) is 7.08. The first-order chi connectivity index (χ1) is 10.8. The molecule has 2 heterocycles. The van der Waals surface area contributed by atoms with Crippen molar-refractivity contribution in [1.82, 2.24) is 0 Å². The Labute approximate surface area is 130 Å². The van der Waals surface area contributed by atoms with Crippen LogP contribution in [0.2, 0.25) is 0 Å². The molecule has 0 amide bonds. The number of aliphatic hydroxyl groups is 8. The summed E-state index contributed by atoms with van der Waals surface area (Å²) in [7, 11) is 0. The highest BCUT2D eigenvalue weighted by molar-refractivity contribution is 4.93. The molecule has 23 heavy (non-hydrogen) atoms. The van der Waals surface area contributed by atoms with E-state index in [-0.39, 0.29) is 0 Å². The van der Waals surface area contributed by atoms with Crippen molar-refractivity contribution in [3.05, 3.63) is 0 Å². The molecule has 0 aliphatic carbocycles. The fraction of sp³-hybridized carbons (Fsp3) is 1.00. The summed E-state index contributed by atoms with van der Waals surface area (Å²) in [5.74, 6) is 0. The van der Waals surface area contributed by atoms with Crippen molar-refractivity contribution in [2.75, 3.05) is 13.2 Å². The summed E-state index contributed by atoms with van der Waals surface area (Å²) in [6.07, 6.45) is -15.6. The van der Waals surface area contributed by atoms with E-state index in [1.165, 1.54) is 0 Å². The van der Waals surface area contributed by atoms with Gasteiger partial charge >= 0.3 is 0 Å². The highest BCUT2D eigenvalue weighted by atomic mass is 16.7. The van der Waals surface area contributed by atoms with Gasteiger partial charge in [0, 0.05) is 0 Å². The summed E-state index contributed by atoms with van der Waals surface area (Å²) >= 11 is 0. The van der Waals surface area contributed by atoms with Gasteiger partial charge in [0.05, 0.1) is 13.2 Å². The maximum atomic E-state index is 9.94.